The Kier molecular flexibility index (Phi) is 5.34. The van der Waals surface area contributed by atoms with Crippen LogP contribution in [0.1, 0.15) is 40.0 Å². The molecule has 0 aliphatic rings. The molecule has 0 aromatic rings. The van der Waals surface area contributed by atoms with Crippen LogP contribution >= 0.6 is 0 Å². The third-order valence-electron chi connectivity index (χ3n) is 1.64. The maximum absolute atomic E-state index is 11.1. The third kappa shape index (κ3) is 3.51. The first kappa shape index (κ1) is 11.1. The Hall–Kier alpha value is -0.860. The number of esters is 1. The molecule has 1 unspecified atom stereocenters. The van der Waals surface area contributed by atoms with Crippen molar-refractivity contribution in [1.82, 2.24) is 0 Å². The number of rotatable bonds is 5. The molecule has 1 atom stereocenters. The van der Waals surface area contributed by atoms with Crippen molar-refractivity contribution in [3.63, 3.8) is 0 Å². The Morgan fingerprint density at radius 1 is 1.17 bits per heavy atom. The van der Waals surface area contributed by atoms with E-state index < -0.39 is 6.10 Å². The minimum atomic E-state index is -0.526. The fourth-order valence-electron chi connectivity index (χ4n) is 0.846. The Morgan fingerprint density at radius 3 is 2.08 bits per heavy atom. The lowest BCUT2D eigenvalue weighted by molar-refractivity contribution is -0.154. The van der Waals surface area contributed by atoms with E-state index in [9.17, 15) is 9.59 Å². The van der Waals surface area contributed by atoms with E-state index >= 15 is 0 Å². The number of ketones is 1. The number of hydrogen-bond donors (Lipinski definition) is 0. The molecule has 0 saturated heterocycles. The van der Waals surface area contributed by atoms with Gasteiger partial charge in [-0.2, -0.15) is 0 Å². The summed E-state index contributed by atoms with van der Waals surface area (Å²) in [5, 5.41) is 0. The minimum absolute atomic E-state index is 0.000648. The number of carbonyl (C=O) groups excluding carboxylic acids is 2. The molecule has 0 aliphatic heterocycles. The topological polar surface area (TPSA) is 43.4 Å². The van der Waals surface area contributed by atoms with E-state index in [1.54, 1.807) is 13.8 Å². The van der Waals surface area contributed by atoms with Gasteiger partial charge in [-0.25, -0.2) is 0 Å². The van der Waals surface area contributed by atoms with Crippen molar-refractivity contribution in [2.24, 2.45) is 0 Å². The van der Waals surface area contributed by atoms with Gasteiger partial charge in [-0.15, -0.1) is 0 Å². The van der Waals surface area contributed by atoms with Crippen molar-refractivity contribution < 1.29 is 14.3 Å². The molecule has 12 heavy (non-hydrogen) atoms. The molecule has 3 heteroatoms. The molecule has 0 fully saturated rings. The Labute approximate surface area is 73.1 Å². The molecule has 0 aromatic heterocycles. The second-order valence-corrected chi connectivity index (χ2v) is 2.56. The molecule has 0 aromatic carbocycles. The lowest BCUT2D eigenvalue weighted by atomic mass is 10.1. The molecule has 0 N–H and O–H groups in total. The minimum Gasteiger partial charge on any atom is -0.454 e. The highest BCUT2D eigenvalue weighted by Crippen LogP contribution is 2.03. The molecule has 0 heterocycles. The first-order valence-electron chi connectivity index (χ1n) is 4.37. The van der Waals surface area contributed by atoms with Crippen molar-refractivity contribution in [3.8, 4) is 0 Å². The maximum atomic E-state index is 11.1. The van der Waals surface area contributed by atoms with Crippen LogP contribution in [-0.2, 0) is 14.3 Å². The van der Waals surface area contributed by atoms with Crippen molar-refractivity contribution in [1.29, 1.82) is 0 Å². The molecule has 0 rings (SSSR count). The van der Waals surface area contributed by atoms with Gasteiger partial charge in [-0.1, -0.05) is 20.8 Å². The van der Waals surface area contributed by atoms with Crippen LogP contribution in [0.25, 0.3) is 0 Å². The molecule has 0 amide bonds. The summed E-state index contributed by atoms with van der Waals surface area (Å²) in [6.07, 6.45) is 0.795. The second-order valence-electron chi connectivity index (χ2n) is 2.56. The third-order valence-corrected chi connectivity index (χ3v) is 1.64. The normalized spacial score (nSPS) is 12.2. The number of hydrogen-bond acceptors (Lipinski definition) is 3. The Morgan fingerprint density at radius 2 is 1.75 bits per heavy atom. The summed E-state index contributed by atoms with van der Waals surface area (Å²) in [5.74, 6) is -0.303. The smallest absolute Gasteiger partial charge is 0.306 e. The van der Waals surface area contributed by atoms with Crippen LogP contribution in [0.3, 0.4) is 0 Å². The van der Waals surface area contributed by atoms with Crippen molar-refractivity contribution >= 4 is 11.8 Å². The average Bonchev–Trinajstić information content (AvgIpc) is 2.12. The molecule has 0 bridgehead atoms. The summed E-state index contributed by atoms with van der Waals surface area (Å²) in [6.45, 7) is 5.32. The first-order valence-corrected chi connectivity index (χ1v) is 4.37. The predicted octanol–water partition coefficient (Wildman–Crippen LogP) is 1.70. The van der Waals surface area contributed by atoms with Gasteiger partial charge in [0.15, 0.2) is 11.9 Å². The van der Waals surface area contributed by atoms with Gasteiger partial charge in [-0.05, 0) is 6.42 Å². The van der Waals surface area contributed by atoms with E-state index in [-0.39, 0.29) is 11.8 Å². The Balaban J connectivity index is 3.99. The largest absolute Gasteiger partial charge is 0.454 e. The molecule has 0 spiro atoms. The lowest BCUT2D eigenvalue weighted by Crippen LogP contribution is -2.25. The van der Waals surface area contributed by atoms with Gasteiger partial charge in [0.05, 0.1) is 0 Å². The van der Waals surface area contributed by atoms with Crippen molar-refractivity contribution in [2.45, 2.75) is 46.1 Å². The van der Waals surface area contributed by atoms with E-state index in [4.69, 9.17) is 4.74 Å². The van der Waals surface area contributed by atoms with Crippen LogP contribution in [0.2, 0.25) is 0 Å². The highest BCUT2D eigenvalue weighted by molar-refractivity contribution is 5.85. The molecule has 0 radical (unpaired) electrons. The zero-order valence-electron chi connectivity index (χ0n) is 7.92. The van der Waals surface area contributed by atoms with Gasteiger partial charge < -0.3 is 4.74 Å². The van der Waals surface area contributed by atoms with E-state index in [0.717, 1.165) is 0 Å². The predicted molar refractivity (Wildman–Crippen MR) is 45.8 cm³/mol. The number of Topliss-reactive ketones (excluding diaryl/α,β-unsaturated/α-hetero) is 1. The van der Waals surface area contributed by atoms with Crippen LogP contribution < -0.4 is 0 Å². The van der Waals surface area contributed by atoms with Crippen LogP contribution in [0, 0.1) is 0 Å². The SMILES string of the molecule is CCC(=O)OC(CC)C(=O)CC. The molecular formula is C9H16O3. The molecule has 70 valence electrons. The van der Waals surface area contributed by atoms with Gasteiger partial charge >= 0.3 is 5.97 Å². The van der Waals surface area contributed by atoms with Gasteiger partial charge in [0.25, 0.3) is 0 Å². The van der Waals surface area contributed by atoms with Crippen LogP contribution in [0.4, 0.5) is 0 Å². The lowest BCUT2D eigenvalue weighted by Gasteiger charge is -2.12. The summed E-state index contributed by atoms with van der Waals surface area (Å²) < 4.78 is 4.91. The number of ether oxygens (including phenoxy) is 1. The van der Waals surface area contributed by atoms with Crippen molar-refractivity contribution in [2.75, 3.05) is 0 Å². The highest BCUT2D eigenvalue weighted by Gasteiger charge is 2.17. The van der Waals surface area contributed by atoms with E-state index in [0.29, 0.717) is 19.3 Å². The van der Waals surface area contributed by atoms with Crippen LogP contribution in [0.15, 0.2) is 0 Å². The monoisotopic (exact) mass is 172 g/mol. The summed E-state index contributed by atoms with van der Waals surface area (Å²) in [7, 11) is 0. The van der Waals surface area contributed by atoms with Gasteiger partial charge in [0, 0.05) is 12.8 Å². The molecule has 0 saturated carbocycles. The second kappa shape index (κ2) is 5.75. The fraction of sp³-hybridized carbons (Fsp3) is 0.778. The fourth-order valence-corrected chi connectivity index (χ4v) is 0.846. The van der Waals surface area contributed by atoms with Gasteiger partial charge in [0.2, 0.25) is 0 Å². The summed E-state index contributed by atoms with van der Waals surface area (Å²) in [6, 6.07) is 0. The molecule has 3 nitrogen and oxygen atoms in total. The van der Waals surface area contributed by atoms with Gasteiger partial charge in [0.1, 0.15) is 0 Å². The highest BCUT2D eigenvalue weighted by atomic mass is 16.5. The zero-order chi connectivity index (χ0) is 9.56. The van der Waals surface area contributed by atoms with Gasteiger partial charge in [-0.3, -0.25) is 9.59 Å². The summed E-state index contributed by atoms with van der Waals surface area (Å²) >= 11 is 0. The van der Waals surface area contributed by atoms with E-state index in [2.05, 4.69) is 0 Å². The quantitative estimate of drug-likeness (QED) is 0.593. The standard InChI is InChI=1S/C9H16O3/c1-4-7(10)8(5-2)12-9(11)6-3/h8H,4-6H2,1-3H3. The molecule has 0 aliphatic carbocycles. The summed E-state index contributed by atoms with van der Waals surface area (Å²) in [5.41, 5.74) is 0. The van der Waals surface area contributed by atoms with Crippen molar-refractivity contribution in [3.05, 3.63) is 0 Å². The zero-order valence-corrected chi connectivity index (χ0v) is 7.92. The first-order chi connectivity index (χ1) is 5.65. The number of carbonyl (C=O) groups is 2. The van der Waals surface area contributed by atoms with E-state index in [1.807, 2.05) is 6.92 Å². The Bertz CT molecular complexity index is 163. The average molecular weight is 172 g/mol. The maximum Gasteiger partial charge on any atom is 0.306 e. The van der Waals surface area contributed by atoms with E-state index in [1.165, 1.54) is 0 Å². The van der Waals surface area contributed by atoms with Crippen LogP contribution in [0.5, 0.6) is 0 Å². The summed E-state index contributed by atoms with van der Waals surface area (Å²) in [4.78, 5) is 21.9. The van der Waals surface area contributed by atoms with Crippen LogP contribution in [-0.4, -0.2) is 17.9 Å². The molecular weight excluding hydrogens is 156 g/mol.